The second-order valence-electron chi connectivity index (χ2n) is 5.80. The molecular formula is C20H20N2O2S. The van der Waals surface area contributed by atoms with E-state index in [1.165, 1.54) is 5.56 Å². The normalized spacial score (nSPS) is 11.1. The first-order valence-electron chi connectivity index (χ1n) is 8.01. The summed E-state index contributed by atoms with van der Waals surface area (Å²) in [6, 6.07) is 23.9. The van der Waals surface area contributed by atoms with Crippen LogP contribution >= 0.6 is 0 Å². The minimum absolute atomic E-state index is 0.239. The van der Waals surface area contributed by atoms with Crippen molar-refractivity contribution in [3.63, 3.8) is 0 Å². The number of para-hydroxylation sites is 2. The first kappa shape index (κ1) is 17.0. The summed E-state index contributed by atoms with van der Waals surface area (Å²) in [6.45, 7) is 2.66. The Labute approximate surface area is 148 Å². The lowest BCUT2D eigenvalue weighted by atomic mass is 10.1. The van der Waals surface area contributed by atoms with Gasteiger partial charge in [0.1, 0.15) is 0 Å². The summed E-state index contributed by atoms with van der Waals surface area (Å²) in [5, 5.41) is 3.30. The van der Waals surface area contributed by atoms with E-state index in [2.05, 4.69) is 34.3 Å². The summed E-state index contributed by atoms with van der Waals surface area (Å²) in [7, 11) is -3.61. The maximum absolute atomic E-state index is 12.5. The first-order chi connectivity index (χ1) is 12.0. The molecule has 25 heavy (non-hydrogen) atoms. The van der Waals surface area contributed by atoms with E-state index in [1.54, 1.807) is 42.5 Å². The maximum atomic E-state index is 12.5. The predicted octanol–water partition coefficient (Wildman–Crippen LogP) is 4.41. The molecule has 0 aliphatic heterocycles. The highest BCUT2D eigenvalue weighted by Crippen LogP contribution is 2.25. The highest BCUT2D eigenvalue weighted by Gasteiger charge is 2.15. The van der Waals surface area contributed by atoms with Gasteiger partial charge in [0.05, 0.1) is 16.3 Å². The van der Waals surface area contributed by atoms with Crippen LogP contribution in [0.3, 0.4) is 0 Å². The Morgan fingerprint density at radius 2 is 1.36 bits per heavy atom. The summed E-state index contributed by atoms with van der Waals surface area (Å²) >= 11 is 0. The Morgan fingerprint density at radius 3 is 2.04 bits per heavy atom. The molecule has 0 saturated heterocycles. The first-order valence-corrected chi connectivity index (χ1v) is 9.49. The molecule has 0 atom stereocenters. The van der Waals surface area contributed by atoms with E-state index in [-0.39, 0.29) is 4.90 Å². The molecular weight excluding hydrogens is 332 g/mol. The van der Waals surface area contributed by atoms with E-state index < -0.39 is 10.0 Å². The largest absolute Gasteiger partial charge is 0.379 e. The number of hydrogen-bond acceptors (Lipinski definition) is 3. The fourth-order valence-electron chi connectivity index (χ4n) is 2.43. The predicted molar refractivity (Wildman–Crippen MR) is 102 cm³/mol. The zero-order chi connectivity index (χ0) is 17.7. The van der Waals surface area contributed by atoms with Crippen molar-refractivity contribution in [1.29, 1.82) is 0 Å². The lowest BCUT2D eigenvalue weighted by Crippen LogP contribution is -2.14. The van der Waals surface area contributed by atoms with Gasteiger partial charge in [-0.3, -0.25) is 4.72 Å². The monoisotopic (exact) mass is 352 g/mol. The number of benzene rings is 3. The van der Waals surface area contributed by atoms with Crippen LogP contribution in [-0.2, 0) is 16.6 Å². The van der Waals surface area contributed by atoms with Gasteiger partial charge in [0.2, 0.25) is 0 Å². The highest BCUT2D eigenvalue weighted by molar-refractivity contribution is 7.92. The Kier molecular flexibility index (Phi) is 5.05. The molecule has 3 rings (SSSR count). The number of nitrogens with one attached hydrogen (secondary N) is 2. The lowest BCUT2D eigenvalue weighted by molar-refractivity contribution is 0.601. The molecule has 0 amide bonds. The minimum Gasteiger partial charge on any atom is -0.379 e. The summed E-state index contributed by atoms with van der Waals surface area (Å²) < 4.78 is 27.7. The molecule has 128 valence electrons. The van der Waals surface area contributed by atoms with Crippen LogP contribution < -0.4 is 10.0 Å². The molecule has 4 nitrogen and oxygen atoms in total. The Balaban J connectivity index is 1.78. The lowest BCUT2D eigenvalue weighted by Gasteiger charge is -2.14. The van der Waals surface area contributed by atoms with Crippen LogP contribution in [-0.4, -0.2) is 8.42 Å². The van der Waals surface area contributed by atoms with Crippen molar-refractivity contribution in [2.24, 2.45) is 0 Å². The van der Waals surface area contributed by atoms with Crippen molar-refractivity contribution in [3.8, 4) is 0 Å². The molecule has 0 unspecified atom stereocenters. The maximum Gasteiger partial charge on any atom is 0.261 e. The third-order valence-electron chi connectivity index (χ3n) is 3.83. The van der Waals surface area contributed by atoms with E-state index in [1.807, 2.05) is 19.1 Å². The van der Waals surface area contributed by atoms with Crippen molar-refractivity contribution in [2.75, 3.05) is 10.0 Å². The standard InChI is InChI=1S/C20H20N2O2S/c1-16-11-13-17(14-12-16)15-21-19-9-5-6-10-20(19)22-25(23,24)18-7-3-2-4-8-18/h2-14,21-22H,15H2,1H3. The van der Waals surface area contributed by atoms with Crippen molar-refractivity contribution in [3.05, 3.63) is 90.0 Å². The fourth-order valence-corrected chi connectivity index (χ4v) is 3.53. The van der Waals surface area contributed by atoms with Crippen LogP contribution in [0, 0.1) is 6.92 Å². The van der Waals surface area contributed by atoms with Gasteiger partial charge in [-0.15, -0.1) is 0 Å². The van der Waals surface area contributed by atoms with Crippen molar-refractivity contribution in [2.45, 2.75) is 18.4 Å². The van der Waals surface area contributed by atoms with Gasteiger partial charge >= 0.3 is 0 Å². The number of hydrogen-bond donors (Lipinski definition) is 2. The Morgan fingerprint density at radius 1 is 0.760 bits per heavy atom. The molecule has 0 radical (unpaired) electrons. The number of anilines is 2. The van der Waals surface area contributed by atoms with Crippen molar-refractivity contribution >= 4 is 21.4 Å². The van der Waals surface area contributed by atoms with Gasteiger partial charge in [0.25, 0.3) is 10.0 Å². The summed E-state index contributed by atoms with van der Waals surface area (Å²) in [5.74, 6) is 0. The van der Waals surface area contributed by atoms with E-state index in [0.717, 1.165) is 11.3 Å². The van der Waals surface area contributed by atoms with Crippen LogP contribution in [0.15, 0.2) is 83.8 Å². The molecule has 3 aromatic rings. The van der Waals surface area contributed by atoms with Crippen LogP contribution in [0.1, 0.15) is 11.1 Å². The Bertz CT molecular complexity index is 937. The third kappa shape index (κ3) is 4.39. The van der Waals surface area contributed by atoms with E-state index in [4.69, 9.17) is 0 Å². The fraction of sp³-hybridized carbons (Fsp3) is 0.100. The summed E-state index contributed by atoms with van der Waals surface area (Å²) in [5.41, 5.74) is 3.60. The third-order valence-corrected chi connectivity index (χ3v) is 5.21. The zero-order valence-corrected chi connectivity index (χ0v) is 14.8. The van der Waals surface area contributed by atoms with Gasteiger partial charge < -0.3 is 5.32 Å². The van der Waals surface area contributed by atoms with E-state index in [9.17, 15) is 8.42 Å². The van der Waals surface area contributed by atoms with Gasteiger partial charge in [-0.05, 0) is 36.8 Å². The van der Waals surface area contributed by atoms with Crippen molar-refractivity contribution < 1.29 is 8.42 Å². The van der Waals surface area contributed by atoms with Crippen LogP contribution in [0.5, 0.6) is 0 Å². The van der Waals surface area contributed by atoms with Crippen molar-refractivity contribution in [1.82, 2.24) is 0 Å². The average Bonchev–Trinajstić information content (AvgIpc) is 2.63. The molecule has 0 spiro atoms. The number of sulfonamides is 1. The van der Waals surface area contributed by atoms with Gasteiger partial charge in [-0.1, -0.05) is 60.2 Å². The second-order valence-corrected chi connectivity index (χ2v) is 7.49. The summed E-state index contributed by atoms with van der Waals surface area (Å²) in [4.78, 5) is 0.239. The topological polar surface area (TPSA) is 58.2 Å². The van der Waals surface area contributed by atoms with Crippen LogP contribution in [0.25, 0.3) is 0 Å². The minimum atomic E-state index is -3.61. The van der Waals surface area contributed by atoms with Crippen LogP contribution in [0.4, 0.5) is 11.4 Å². The summed E-state index contributed by atoms with van der Waals surface area (Å²) in [6.07, 6.45) is 0. The molecule has 0 saturated carbocycles. The van der Waals surface area contributed by atoms with Crippen LogP contribution in [0.2, 0.25) is 0 Å². The molecule has 0 heterocycles. The van der Waals surface area contributed by atoms with E-state index >= 15 is 0 Å². The second kappa shape index (κ2) is 7.40. The molecule has 0 aliphatic rings. The quantitative estimate of drug-likeness (QED) is 0.691. The molecule has 0 aliphatic carbocycles. The Hall–Kier alpha value is -2.79. The number of aryl methyl sites for hydroxylation is 1. The molecule has 5 heteroatoms. The van der Waals surface area contributed by atoms with E-state index in [0.29, 0.717) is 12.2 Å². The van der Waals surface area contributed by atoms with Gasteiger partial charge in [0.15, 0.2) is 0 Å². The smallest absolute Gasteiger partial charge is 0.261 e. The zero-order valence-electron chi connectivity index (χ0n) is 13.9. The highest BCUT2D eigenvalue weighted by atomic mass is 32.2. The van der Waals surface area contributed by atoms with Gasteiger partial charge in [-0.2, -0.15) is 0 Å². The average molecular weight is 352 g/mol. The molecule has 0 bridgehead atoms. The molecule has 0 fully saturated rings. The van der Waals surface area contributed by atoms with Gasteiger partial charge in [-0.25, -0.2) is 8.42 Å². The SMILES string of the molecule is Cc1ccc(CNc2ccccc2NS(=O)(=O)c2ccccc2)cc1. The molecule has 2 N–H and O–H groups in total. The molecule has 0 aromatic heterocycles. The number of rotatable bonds is 6. The van der Waals surface area contributed by atoms with Gasteiger partial charge in [0, 0.05) is 6.54 Å². The molecule has 3 aromatic carbocycles.